The first kappa shape index (κ1) is 118. The number of piperidine rings is 3. The maximum atomic E-state index is 13.1. The average Bonchev–Trinajstić information content (AvgIpc) is 0.996. The van der Waals surface area contributed by atoms with E-state index in [4.69, 9.17) is 9.47 Å². The van der Waals surface area contributed by atoms with Crippen molar-refractivity contribution in [1.82, 2.24) is 34.3 Å². The van der Waals surface area contributed by atoms with E-state index >= 15 is 0 Å². The van der Waals surface area contributed by atoms with Gasteiger partial charge in [0.1, 0.15) is 0 Å². The van der Waals surface area contributed by atoms with Crippen molar-refractivity contribution in [2.75, 3.05) is 205 Å². The molecule has 5 fully saturated rings. The van der Waals surface area contributed by atoms with E-state index in [-0.39, 0.29) is 23.0 Å². The molecule has 0 radical (unpaired) electrons. The Morgan fingerprint density at radius 1 is 0.319 bits per heavy atom. The topological polar surface area (TPSA) is 198 Å². The third-order valence-corrected chi connectivity index (χ3v) is 39.3. The van der Waals surface area contributed by atoms with Gasteiger partial charge in [0.15, 0.2) is 39.3 Å². The van der Waals surface area contributed by atoms with Crippen LogP contribution < -0.4 is 0 Å². The van der Waals surface area contributed by atoms with E-state index in [0.29, 0.717) is 57.1 Å². The molecule has 0 amide bonds. The normalized spacial score (nSPS) is 18.5. The first-order chi connectivity index (χ1) is 69.8. The fourth-order valence-electron chi connectivity index (χ4n) is 20.8. The predicted molar refractivity (Wildman–Crippen MR) is 609 cm³/mol. The van der Waals surface area contributed by atoms with Gasteiger partial charge in [0, 0.05) is 107 Å². The highest BCUT2D eigenvalue weighted by Gasteiger charge is 2.35. The van der Waals surface area contributed by atoms with E-state index in [1.54, 1.807) is 48.2 Å². The van der Waals surface area contributed by atoms with E-state index in [1.165, 1.54) is 156 Å². The molecule has 0 unspecified atom stereocenters. The van der Waals surface area contributed by atoms with Crippen molar-refractivity contribution in [2.24, 2.45) is 0 Å². The SMILES string of the molecule is C1CCOC1.C1CCOC1.CCCN1CC=C(c2cccc(S(=O)(=O)CCCCS(=O)(=O)c3cccc(C4=CCN(CCC)CC4)c3)c2)CC1.CCCN1CC=C(c2cccc(SCCCCSc3cccc(C4=CCN(CCC)CC4)c3)c2)CC1.CCCN1CCC(O)(c2cccc(SC)c2)CC1.CCCN1CCC(c2cccc(S(=O)(=O)CCCCS(=O)(=O)c3cccc(C4CCN(CCC)CC4)c3)c2)CC1. The van der Waals surface area contributed by atoms with Gasteiger partial charge in [-0.05, 0) is 421 Å². The molecule has 0 saturated carbocycles. The molecule has 9 aliphatic heterocycles. The molecule has 9 aliphatic rings. The van der Waals surface area contributed by atoms with Crippen LogP contribution in [0.2, 0.25) is 0 Å². The van der Waals surface area contributed by atoms with E-state index in [1.807, 2.05) is 84.2 Å². The molecule has 18 nitrogen and oxygen atoms in total. The molecule has 0 aromatic heterocycles. The quantitative estimate of drug-likeness (QED) is 0.0279. The number of unbranched alkanes of at least 4 members (excludes halogenated alkanes) is 3. The Morgan fingerprint density at radius 2 is 0.604 bits per heavy atom. The molecular weight excluding hydrogens is 1930 g/mol. The highest BCUT2D eigenvalue weighted by molar-refractivity contribution is 7.99. The number of hydrogen-bond donors (Lipinski definition) is 1. The number of hydrogen-bond acceptors (Lipinski definition) is 21. The Labute approximate surface area is 883 Å². The number of nitrogens with zero attached hydrogens (tertiary/aromatic N) is 7. The van der Waals surface area contributed by atoms with Gasteiger partial charge in [0.2, 0.25) is 0 Å². The predicted octanol–water partition coefficient (Wildman–Crippen LogP) is 24.7. The summed E-state index contributed by atoms with van der Waals surface area (Å²) in [7, 11) is -13.9. The molecule has 7 aromatic carbocycles. The molecule has 25 heteroatoms. The summed E-state index contributed by atoms with van der Waals surface area (Å²) < 4.78 is 115. The summed E-state index contributed by atoms with van der Waals surface area (Å²) in [5, 5.41) is 10.8. The Balaban J connectivity index is 0.000000181. The molecule has 794 valence electrons. The summed E-state index contributed by atoms with van der Waals surface area (Å²) >= 11 is 5.77. The minimum Gasteiger partial charge on any atom is -0.385 e. The fraction of sp³-hybridized carbons (Fsp3) is 0.580. The lowest BCUT2D eigenvalue weighted by Gasteiger charge is -2.38. The molecule has 7 aromatic rings. The van der Waals surface area contributed by atoms with Crippen molar-refractivity contribution >= 4 is 96.9 Å². The number of benzene rings is 7. The molecule has 0 aliphatic carbocycles. The first-order valence-electron chi connectivity index (χ1n) is 55.0. The summed E-state index contributed by atoms with van der Waals surface area (Å²) in [6.07, 6.45) is 38.7. The van der Waals surface area contributed by atoms with Crippen molar-refractivity contribution in [1.29, 1.82) is 0 Å². The lowest BCUT2D eigenvalue weighted by Crippen LogP contribution is -2.42. The molecule has 5 saturated heterocycles. The van der Waals surface area contributed by atoms with Gasteiger partial charge in [0.05, 0.1) is 48.2 Å². The van der Waals surface area contributed by atoms with E-state index in [0.717, 1.165) is 243 Å². The van der Waals surface area contributed by atoms with Crippen LogP contribution in [0.15, 0.2) is 228 Å². The Kier molecular flexibility index (Phi) is 52.0. The Morgan fingerprint density at radius 3 is 0.903 bits per heavy atom. The lowest BCUT2D eigenvalue weighted by atomic mass is 9.84. The fourth-order valence-corrected chi connectivity index (χ4v) is 28.8. The molecular formula is C119H175N7O11S7. The van der Waals surface area contributed by atoms with Crippen molar-refractivity contribution in [2.45, 2.75) is 274 Å². The maximum absolute atomic E-state index is 13.1. The van der Waals surface area contributed by atoms with Gasteiger partial charge in [-0.15, -0.1) is 35.3 Å². The minimum absolute atomic E-state index is 0.0305. The number of sulfone groups is 4. The van der Waals surface area contributed by atoms with Crippen LogP contribution in [0.3, 0.4) is 0 Å². The zero-order valence-corrected chi connectivity index (χ0v) is 94.4. The molecule has 0 spiro atoms. The Bertz CT molecular complexity index is 5270. The molecule has 0 bridgehead atoms. The van der Waals surface area contributed by atoms with Crippen LogP contribution in [0.5, 0.6) is 0 Å². The average molecular weight is 2100 g/mol. The van der Waals surface area contributed by atoms with Crippen LogP contribution in [-0.2, 0) is 54.4 Å². The molecule has 0 atom stereocenters. The number of thioether (sulfide) groups is 3. The lowest BCUT2D eigenvalue weighted by molar-refractivity contribution is -0.0259. The summed E-state index contributed by atoms with van der Waals surface area (Å²) in [5.41, 5.74) is 12.9. The smallest absolute Gasteiger partial charge is 0.178 e. The largest absolute Gasteiger partial charge is 0.385 e. The minimum atomic E-state index is -3.50. The third kappa shape index (κ3) is 39.6. The van der Waals surface area contributed by atoms with Crippen LogP contribution in [-0.4, -0.2) is 278 Å². The van der Waals surface area contributed by atoms with Gasteiger partial charge in [-0.1, -0.05) is 158 Å². The molecule has 144 heavy (non-hydrogen) atoms. The van der Waals surface area contributed by atoms with Gasteiger partial charge >= 0.3 is 0 Å². The van der Waals surface area contributed by atoms with Crippen molar-refractivity contribution in [3.8, 4) is 0 Å². The summed E-state index contributed by atoms with van der Waals surface area (Å²) in [6, 6.07) is 56.1. The molecule has 1 N–H and O–H groups in total. The van der Waals surface area contributed by atoms with Gasteiger partial charge in [-0.25, -0.2) is 33.7 Å². The number of likely N-dealkylation sites (tertiary alicyclic amines) is 3. The van der Waals surface area contributed by atoms with Crippen LogP contribution in [0.4, 0.5) is 0 Å². The maximum Gasteiger partial charge on any atom is 0.178 e. The van der Waals surface area contributed by atoms with E-state index < -0.39 is 45.0 Å². The second kappa shape index (κ2) is 63.3. The van der Waals surface area contributed by atoms with Gasteiger partial charge in [-0.2, -0.15) is 0 Å². The van der Waals surface area contributed by atoms with Crippen LogP contribution in [0.1, 0.15) is 273 Å². The standard InChI is InChI=1S/C32H48N2O4S2.C32H44N2O4S2.C32H44N2S2.C15H23NOS.2C4H8O/c2*1-3-17-33-19-13-27(14-20-33)29-9-7-11-31(25-29)39(35,36)23-5-6-24-40(37,38)32-12-8-10-30(26-32)28-15-21-34(18-4-2)22-16-28;1-3-17-33-19-13-27(14-20-33)29-9-7-11-31(25-29)35-23-5-6-24-36-32-12-8-10-30(26-32)28-15-21-34(18-4-2)22-16-28;1-3-9-16-10-7-15(17,8-11-16)13-5-4-6-14(12-13)18-2;2*1-2-4-5-3-1/h7-12,25-28H,3-6,13-24H2,1-2H3;7-13,15,25-26H,3-6,14,16-24H2,1-2H3;7-13,15,25-26H,3-6,14,16-24H2,1-2H3;4-6,12,17H,3,7-11H2,1-2H3;2*1-4H2. The Hall–Kier alpha value is -6.05. The molecule has 16 rings (SSSR count). The highest BCUT2D eigenvalue weighted by atomic mass is 32.2. The number of ether oxygens (including phenoxy) is 2. The van der Waals surface area contributed by atoms with E-state index in [2.05, 4.69) is 186 Å². The van der Waals surface area contributed by atoms with Crippen LogP contribution in [0.25, 0.3) is 22.3 Å². The summed E-state index contributed by atoms with van der Waals surface area (Å²) in [6.45, 7) is 42.2. The zero-order chi connectivity index (χ0) is 102. The zero-order valence-electron chi connectivity index (χ0n) is 88.7. The molecule has 9 heterocycles. The summed E-state index contributed by atoms with van der Waals surface area (Å²) in [4.78, 5) is 22.8. The van der Waals surface area contributed by atoms with Crippen molar-refractivity contribution < 1.29 is 48.3 Å². The summed E-state index contributed by atoms with van der Waals surface area (Å²) in [5.74, 6) is 3.02. The van der Waals surface area contributed by atoms with Gasteiger partial charge in [0.25, 0.3) is 0 Å². The van der Waals surface area contributed by atoms with Crippen LogP contribution >= 0.6 is 35.3 Å². The first-order valence-corrected chi connectivity index (χ1v) is 64.8. The third-order valence-electron chi connectivity index (χ3n) is 29.2. The van der Waals surface area contributed by atoms with Gasteiger partial charge in [-0.3, -0.25) is 19.6 Å². The monoisotopic (exact) mass is 2100 g/mol. The number of rotatable bonds is 43. The van der Waals surface area contributed by atoms with Crippen LogP contribution in [0, 0.1) is 0 Å². The van der Waals surface area contributed by atoms with Gasteiger partial charge < -0.3 is 29.3 Å². The number of aliphatic hydroxyl groups is 1. The highest BCUT2D eigenvalue weighted by Crippen LogP contribution is 2.39. The second-order valence-electron chi connectivity index (χ2n) is 40.4. The van der Waals surface area contributed by atoms with E-state index in [9.17, 15) is 38.8 Å². The van der Waals surface area contributed by atoms with Crippen molar-refractivity contribution in [3.05, 3.63) is 233 Å². The second-order valence-corrected chi connectivity index (χ2v) is 52.1. The van der Waals surface area contributed by atoms with Crippen molar-refractivity contribution in [3.63, 3.8) is 0 Å².